The van der Waals surface area contributed by atoms with E-state index in [4.69, 9.17) is 5.11 Å². The highest BCUT2D eigenvalue weighted by Gasteiger charge is 2.24. The molecule has 5 nitrogen and oxygen atoms in total. The molecule has 1 N–H and O–H groups in total. The van der Waals surface area contributed by atoms with Crippen molar-refractivity contribution < 1.29 is 14.8 Å². The van der Waals surface area contributed by atoms with E-state index in [1.807, 2.05) is 0 Å². The van der Waals surface area contributed by atoms with Gasteiger partial charge in [0.15, 0.2) is 0 Å². The lowest BCUT2D eigenvalue weighted by molar-refractivity contribution is -0.385. The molecule has 0 saturated carbocycles. The van der Waals surface area contributed by atoms with E-state index in [1.54, 1.807) is 6.07 Å². The van der Waals surface area contributed by atoms with E-state index in [9.17, 15) is 14.9 Å². The van der Waals surface area contributed by atoms with Crippen LogP contribution in [-0.4, -0.2) is 16.0 Å². The molecule has 0 spiro atoms. The number of nitro groups is 1. The number of nitrogens with zero attached hydrogens (tertiary/aromatic N) is 1. The minimum absolute atomic E-state index is 0.144. The molecule has 0 bridgehead atoms. The van der Waals surface area contributed by atoms with Crippen LogP contribution in [-0.2, 0) is 4.79 Å². The molecule has 74 valence electrons. The van der Waals surface area contributed by atoms with Gasteiger partial charge in [-0.05, 0) is 0 Å². The first-order valence-electron chi connectivity index (χ1n) is 3.64. The van der Waals surface area contributed by atoms with Gasteiger partial charge >= 0.3 is 5.97 Å². The number of hydrogen-bond donors (Lipinski definition) is 1. The largest absolute Gasteiger partial charge is 0.480 e. The zero-order valence-corrected chi connectivity index (χ0v) is 8.47. The average Bonchev–Trinajstić information content (AvgIpc) is 2.16. The number of carboxylic acid groups (broad SMARTS) is 1. The lowest BCUT2D eigenvalue weighted by Gasteiger charge is -2.04. The third-order valence-electron chi connectivity index (χ3n) is 1.62. The maximum Gasteiger partial charge on any atom is 0.322 e. The molecule has 0 fully saturated rings. The first-order valence-corrected chi connectivity index (χ1v) is 4.56. The zero-order valence-electron chi connectivity index (χ0n) is 6.88. The molecule has 1 atom stereocenters. The number of hydrogen-bond acceptors (Lipinski definition) is 3. The molecule has 0 aliphatic rings. The van der Waals surface area contributed by atoms with Crippen LogP contribution in [0.15, 0.2) is 24.3 Å². The molecule has 14 heavy (non-hydrogen) atoms. The number of halogens is 1. The Labute approximate surface area is 87.6 Å². The van der Waals surface area contributed by atoms with Crippen molar-refractivity contribution in [2.75, 3.05) is 0 Å². The number of carboxylic acids is 1. The van der Waals surface area contributed by atoms with Crippen molar-refractivity contribution in [3.63, 3.8) is 0 Å². The summed E-state index contributed by atoms with van der Waals surface area (Å²) in [4.78, 5) is 19.5. The minimum Gasteiger partial charge on any atom is -0.480 e. The molecule has 0 aliphatic heterocycles. The quantitative estimate of drug-likeness (QED) is 0.512. The second-order valence-corrected chi connectivity index (χ2v) is 3.43. The first kappa shape index (κ1) is 10.6. The maximum atomic E-state index is 10.6. The van der Waals surface area contributed by atoms with E-state index in [0.717, 1.165) is 0 Å². The Morgan fingerprint density at radius 1 is 1.50 bits per heavy atom. The molecule has 0 aromatic heterocycles. The van der Waals surface area contributed by atoms with Crippen LogP contribution in [0.25, 0.3) is 0 Å². The molecule has 0 unspecified atom stereocenters. The Bertz CT molecular complexity index is 379. The summed E-state index contributed by atoms with van der Waals surface area (Å²) in [7, 11) is 0. The van der Waals surface area contributed by atoms with Crippen molar-refractivity contribution in [3.05, 3.63) is 39.9 Å². The predicted molar refractivity (Wildman–Crippen MR) is 52.4 cm³/mol. The molecule has 0 radical (unpaired) electrons. The van der Waals surface area contributed by atoms with Crippen LogP contribution in [0.1, 0.15) is 10.4 Å². The summed E-state index contributed by atoms with van der Waals surface area (Å²) in [6, 6.07) is 5.72. The van der Waals surface area contributed by atoms with Crippen LogP contribution >= 0.6 is 15.9 Å². The van der Waals surface area contributed by atoms with Gasteiger partial charge in [-0.2, -0.15) is 0 Å². The summed E-state index contributed by atoms with van der Waals surface area (Å²) in [5, 5.41) is 19.2. The standard InChI is InChI=1S/C8H6BrNO4/c9-7(8(11)12)5-3-1-2-4-6(5)10(13)14/h1-4,7H,(H,11,12)/t7-/m1/s1. The van der Waals surface area contributed by atoms with Gasteiger partial charge in [0.25, 0.3) is 5.69 Å². The molecule has 0 aliphatic carbocycles. The van der Waals surface area contributed by atoms with Gasteiger partial charge < -0.3 is 5.11 Å². The Hall–Kier alpha value is -1.43. The number of alkyl halides is 1. The summed E-state index contributed by atoms with van der Waals surface area (Å²) in [6.07, 6.45) is 0. The molecule has 1 aromatic carbocycles. The smallest absolute Gasteiger partial charge is 0.322 e. The van der Waals surface area contributed by atoms with Gasteiger partial charge in [-0.3, -0.25) is 14.9 Å². The van der Waals surface area contributed by atoms with Gasteiger partial charge in [-0.25, -0.2) is 0 Å². The highest BCUT2D eigenvalue weighted by Crippen LogP contribution is 2.30. The highest BCUT2D eigenvalue weighted by atomic mass is 79.9. The van der Waals surface area contributed by atoms with E-state index in [1.165, 1.54) is 18.2 Å². The molecular formula is C8H6BrNO4. The molecule has 1 rings (SSSR count). The van der Waals surface area contributed by atoms with Crippen LogP contribution in [0, 0.1) is 10.1 Å². The summed E-state index contributed by atoms with van der Waals surface area (Å²) in [5.41, 5.74) is -0.0539. The van der Waals surface area contributed by atoms with Crippen molar-refractivity contribution in [1.82, 2.24) is 0 Å². The lowest BCUT2D eigenvalue weighted by Crippen LogP contribution is -2.06. The second kappa shape index (κ2) is 4.19. The van der Waals surface area contributed by atoms with Crippen molar-refractivity contribution >= 4 is 27.6 Å². The van der Waals surface area contributed by atoms with E-state index < -0.39 is 15.7 Å². The lowest BCUT2D eigenvalue weighted by atomic mass is 10.1. The number of nitro benzene ring substituents is 1. The number of aliphatic carboxylic acids is 1. The molecule has 6 heteroatoms. The maximum absolute atomic E-state index is 10.6. The van der Waals surface area contributed by atoms with Gasteiger partial charge in [0.05, 0.1) is 10.5 Å². The third-order valence-corrected chi connectivity index (χ3v) is 2.51. The minimum atomic E-state index is -1.15. The fraction of sp³-hybridized carbons (Fsp3) is 0.125. The van der Waals surface area contributed by atoms with Crippen LogP contribution < -0.4 is 0 Å². The summed E-state index contributed by atoms with van der Waals surface area (Å²) >= 11 is 2.87. The molecular weight excluding hydrogens is 254 g/mol. The molecule has 0 saturated heterocycles. The summed E-state index contributed by atoms with van der Waals surface area (Å²) < 4.78 is 0. The first-order chi connectivity index (χ1) is 6.54. The monoisotopic (exact) mass is 259 g/mol. The summed E-state index contributed by atoms with van der Waals surface area (Å²) in [6.45, 7) is 0. The van der Waals surface area contributed by atoms with Crippen LogP contribution in [0.2, 0.25) is 0 Å². The number of benzene rings is 1. The van der Waals surface area contributed by atoms with Crippen LogP contribution in [0.4, 0.5) is 5.69 Å². The van der Waals surface area contributed by atoms with Crippen molar-refractivity contribution in [3.8, 4) is 0 Å². The fourth-order valence-electron chi connectivity index (χ4n) is 1.00. The van der Waals surface area contributed by atoms with Gasteiger partial charge in [-0.15, -0.1) is 0 Å². The Morgan fingerprint density at radius 2 is 2.07 bits per heavy atom. The highest BCUT2D eigenvalue weighted by molar-refractivity contribution is 9.09. The fourth-order valence-corrected chi connectivity index (χ4v) is 1.39. The molecule has 0 heterocycles. The Morgan fingerprint density at radius 3 is 2.57 bits per heavy atom. The van der Waals surface area contributed by atoms with Crippen molar-refractivity contribution in [2.24, 2.45) is 0 Å². The number of carbonyl (C=O) groups is 1. The van der Waals surface area contributed by atoms with E-state index in [2.05, 4.69) is 15.9 Å². The topological polar surface area (TPSA) is 80.4 Å². The van der Waals surface area contributed by atoms with Crippen LogP contribution in [0.3, 0.4) is 0 Å². The average molecular weight is 260 g/mol. The van der Waals surface area contributed by atoms with Crippen LogP contribution in [0.5, 0.6) is 0 Å². The predicted octanol–water partition coefficient (Wildman–Crippen LogP) is 2.12. The second-order valence-electron chi connectivity index (χ2n) is 2.52. The Kier molecular flexibility index (Phi) is 3.19. The SMILES string of the molecule is O=C(O)[C@H](Br)c1ccccc1[N+](=O)[O-]. The van der Waals surface area contributed by atoms with Gasteiger partial charge in [0.2, 0.25) is 0 Å². The Balaban J connectivity index is 3.19. The molecule has 1 aromatic rings. The zero-order chi connectivity index (χ0) is 10.7. The normalized spacial score (nSPS) is 12.1. The number of rotatable bonds is 3. The van der Waals surface area contributed by atoms with Gasteiger partial charge in [0, 0.05) is 6.07 Å². The summed E-state index contributed by atoms with van der Waals surface area (Å²) in [5.74, 6) is -1.15. The van der Waals surface area contributed by atoms with E-state index >= 15 is 0 Å². The van der Waals surface area contributed by atoms with Gasteiger partial charge in [-0.1, -0.05) is 34.1 Å². The van der Waals surface area contributed by atoms with E-state index in [0.29, 0.717) is 0 Å². The van der Waals surface area contributed by atoms with E-state index in [-0.39, 0.29) is 11.3 Å². The van der Waals surface area contributed by atoms with Crippen molar-refractivity contribution in [1.29, 1.82) is 0 Å². The molecule has 0 amide bonds. The number of para-hydroxylation sites is 1. The van der Waals surface area contributed by atoms with Crippen molar-refractivity contribution in [2.45, 2.75) is 4.83 Å². The third kappa shape index (κ3) is 2.08. The van der Waals surface area contributed by atoms with Gasteiger partial charge in [0.1, 0.15) is 4.83 Å².